The van der Waals surface area contributed by atoms with Gasteiger partial charge in [-0.1, -0.05) is 49.4 Å². The largest absolute Gasteiger partial charge is 0.349 e. The zero-order valence-electron chi connectivity index (χ0n) is 19.0. The van der Waals surface area contributed by atoms with E-state index < -0.39 is 17.2 Å². The zero-order chi connectivity index (χ0) is 23.4. The summed E-state index contributed by atoms with van der Waals surface area (Å²) in [6.07, 6.45) is 2.23. The monoisotopic (exact) mass is 448 g/mol. The number of amides is 1. The second kappa shape index (κ2) is 10.1. The van der Waals surface area contributed by atoms with Crippen LogP contribution < -0.4 is 10.7 Å². The van der Waals surface area contributed by atoms with Crippen LogP contribution in [0.5, 0.6) is 0 Å². The molecule has 7 heteroatoms. The summed E-state index contributed by atoms with van der Waals surface area (Å²) in [5.74, 6) is -0.344. The first kappa shape index (κ1) is 22.9. The molecule has 1 aromatic heterocycles. The Kier molecular flexibility index (Phi) is 6.99. The van der Waals surface area contributed by atoms with Crippen LogP contribution in [0.25, 0.3) is 5.69 Å². The number of halogens is 1. The molecule has 1 saturated heterocycles. The van der Waals surface area contributed by atoms with Gasteiger partial charge in [0, 0.05) is 18.3 Å². The summed E-state index contributed by atoms with van der Waals surface area (Å²) in [6.45, 7) is 6.19. The van der Waals surface area contributed by atoms with Crippen molar-refractivity contribution in [3.63, 3.8) is 0 Å². The third kappa shape index (κ3) is 5.20. The highest BCUT2D eigenvalue weighted by Crippen LogP contribution is 2.26. The number of likely N-dealkylation sites (tertiary alicyclic amines) is 1. The second-order valence-corrected chi connectivity index (χ2v) is 8.72. The maximum atomic E-state index is 14.3. The number of rotatable bonds is 6. The van der Waals surface area contributed by atoms with Gasteiger partial charge in [0.15, 0.2) is 5.69 Å². The molecule has 1 atom stereocenters. The number of piperidine rings is 1. The predicted octanol–water partition coefficient (Wildman–Crippen LogP) is 3.88. The summed E-state index contributed by atoms with van der Waals surface area (Å²) < 4.78 is 15.6. The van der Waals surface area contributed by atoms with E-state index in [1.807, 2.05) is 18.2 Å². The van der Waals surface area contributed by atoms with Gasteiger partial charge in [0.2, 0.25) is 5.43 Å². The Morgan fingerprint density at radius 3 is 2.48 bits per heavy atom. The van der Waals surface area contributed by atoms with Crippen molar-refractivity contribution in [2.75, 3.05) is 19.6 Å². The highest BCUT2D eigenvalue weighted by Gasteiger charge is 2.26. The van der Waals surface area contributed by atoms with E-state index >= 15 is 0 Å². The van der Waals surface area contributed by atoms with E-state index in [0.717, 1.165) is 31.5 Å². The van der Waals surface area contributed by atoms with Gasteiger partial charge in [-0.15, -0.1) is 0 Å². The number of carbonyl (C=O) groups excluding carboxylic acids is 1. The van der Waals surface area contributed by atoms with Crippen LogP contribution in [0.4, 0.5) is 4.39 Å². The van der Waals surface area contributed by atoms with Crippen LogP contribution in [0, 0.1) is 18.7 Å². The summed E-state index contributed by atoms with van der Waals surface area (Å²) in [4.78, 5) is 28.0. The van der Waals surface area contributed by atoms with Crippen LogP contribution in [0.15, 0.2) is 65.5 Å². The first-order chi connectivity index (χ1) is 15.9. The van der Waals surface area contributed by atoms with Crippen LogP contribution in [0.2, 0.25) is 0 Å². The normalized spacial score (nSPS) is 15.8. The van der Waals surface area contributed by atoms with Crippen molar-refractivity contribution < 1.29 is 9.18 Å². The second-order valence-electron chi connectivity index (χ2n) is 8.72. The Bertz CT molecular complexity index is 1170. The first-order valence-corrected chi connectivity index (χ1v) is 11.4. The average molecular weight is 449 g/mol. The fourth-order valence-corrected chi connectivity index (χ4v) is 4.32. The summed E-state index contributed by atoms with van der Waals surface area (Å²) in [5.41, 5.74) is 1.02. The van der Waals surface area contributed by atoms with E-state index in [0.29, 0.717) is 18.2 Å². The van der Waals surface area contributed by atoms with E-state index in [1.165, 1.54) is 16.8 Å². The van der Waals surface area contributed by atoms with Crippen molar-refractivity contribution in [2.24, 2.45) is 5.92 Å². The molecule has 1 unspecified atom stereocenters. The summed E-state index contributed by atoms with van der Waals surface area (Å²) in [6, 6.07) is 17.5. The minimum Gasteiger partial charge on any atom is -0.349 e. The Labute approximate surface area is 193 Å². The SMILES string of the molecule is Cc1cc(=O)c(C(=O)NCC(c2ccccc2)N2CCC(C)CC2)nn1-c1ccccc1F. The Balaban J connectivity index is 1.57. The molecule has 1 aliphatic rings. The van der Waals surface area contributed by atoms with Gasteiger partial charge >= 0.3 is 0 Å². The highest BCUT2D eigenvalue weighted by atomic mass is 19.1. The molecule has 2 heterocycles. The summed E-state index contributed by atoms with van der Waals surface area (Å²) >= 11 is 0. The van der Waals surface area contributed by atoms with Crippen LogP contribution in [-0.2, 0) is 0 Å². The maximum absolute atomic E-state index is 14.3. The van der Waals surface area contributed by atoms with Crippen LogP contribution >= 0.6 is 0 Å². The van der Waals surface area contributed by atoms with Crippen molar-refractivity contribution in [1.82, 2.24) is 20.0 Å². The number of benzene rings is 2. The standard InChI is InChI=1S/C26H29FN4O2/c1-18-12-14-30(15-13-18)23(20-8-4-3-5-9-20)17-28-26(33)25-24(32)16-19(2)31(29-25)22-11-7-6-10-21(22)27/h3-11,16,18,23H,12-15,17H2,1-2H3,(H,28,33). The van der Waals surface area contributed by atoms with E-state index in [2.05, 4.69) is 34.4 Å². The molecule has 0 aliphatic carbocycles. The quantitative estimate of drug-likeness (QED) is 0.622. The molecule has 3 aromatic rings. The van der Waals surface area contributed by atoms with Gasteiger partial charge in [-0.3, -0.25) is 14.5 Å². The maximum Gasteiger partial charge on any atom is 0.275 e. The lowest BCUT2D eigenvalue weighted by Crippen LogP contribution is -2.43. The predicted molar refractivity (Wildman–Crippen MR) is 126 cm³/mol. The molecule has 0 spiro atoms. The van der Waals surface area contributed by atoms with E-state index in [9.17, 15) is 14.0 Å². The van der Waals surface area contributed by atoms with Gasteiger partial charge in [0.1, 0.15) is 11.5 Å². The third-order valence-corrected chi connectivity index (χ3v) is 6.30. The lowest BCUT2D eigenvalue weighted by atomic mass is 9.95. The van der Waals surface area contributed by atoms with E-state index in [4.69, 9.17) is 0 Å². The number of aromatic nitrogens is 2. The van der Waals surface area contributed by atoms with Crippen LogP contribution in [-0.4, -0.2) is 40.2 Å². The van der Waals surface area contributed by atoms with Gasteiger partial charge in [-0.2, -0.15) is 5.10 Å². The molecule has 0 bridgehead atoms. The van der Waals surface area contributed by atoms with Gasteiger partial charge in [0.25, 0.3) is 5.91 Å². The smallest absolute Gasteiger partial charge is 0.275 e. The Morgan fingerprint density at radius 1 is 1.12 bits per heavy atom. The van der Waals surface area contributed by atoms with E-state index in [1.54, 1.807) is 25.1 Å². The van der Waals surface area contributed by atoms with Gasteiger partial charge in [0.05, 0.1) is 6.04 Å². The highest BCUT2D eigenvalue weighted by molar-refractivity contribution is 5.92. The molecule has 0 radical (unpaired) electrons. The molecule has 1 amide bonds. The molecule has 6 nitrogen and oxygen atoms in total. The topological polar surface area (TPSA) is 67.2 Å². The number of carbonyl (C=O) groups is 1. The van der Waals surface area contributed by atoms with Crippen LogP contribution in [0.1, 0.15) is 47.6 Å². The fraction of sp³-hybridized carbons (Fsp3) is 0.346. The van der Waals surface area contributed by atoms with Crippen molar-refractivity contribution in [3.05, 3.63) is 93.7 Å². The molecule has 1 aliphatic heterocycles. The molecule has 172 valence electrons. The minimum atomic E-state index is -0.559. The molecule has 0 saturated carbocycles. The molecule has 2 aromatic carbocycles. The number of hydrogen-bond donors (Lipinski definition) is 1. The Morgan fingerprint density at radius 2 is 1.79 bits per heavy atom. The van der Waals surface area contributed by atoms with Gasteiger partial charge < -0.3 is 5.32 Å². The lowest BCUT2D eigenvalue weighted by molar-refractivity contribution is 0.0905. The lowest BCUT2D eigenvalue weighted by Gasteiger charge is -2.37. The number of aryl methyl sites for hydroxylation is 1. The van der Waals surface area contributed by atoms with Gasteiger partial charge in [-0.25, -0.2) is 9.07 Å². The van der Waals surface area contributed by atoms with Crippen molar-refractivity contribution >= 4 is 5.91 Å². The minimum absolute atomic E-state index is 0.00175. The van der Waals surface area contributed by atoms with Crippen molar-refractivity contribution in [3.8, 4) is 5.69 Å². The number of nitrogens with one attached hydrogen (secondary N) is 1. The molecular formula is C26H29FN4O2. The molecule has 1 fully saturated rings. The molecular weight excluding hydrogens is 419 g/mol. The molecule has 33 heavy (non-hydrogen) atoms. The average Bonchev–Trinajstić information content (AvgIpc) is 2.82. The number of nitrogens with zero attached hydrogens (tertiary/aromatic N) is 3. The fourth-order valence-electron chi connectivity index (χ4n) is 4.32. The van der Waals surface area contributed by atoms with Crippen molar-refractivity contribution in [1.29, 1.82) is 0 Å². The molecule has 4 rings (SSSR count). The first-order valence-electron chi connectivity index (χ1n) is 11.4. The molecule has 1 N–H and O–H groups in total. The number of hydrogen-bond acceptors (Lipinski definition) is 4. The van der Waals surface area contributed by atoms with Crippen LogP contribution in [0.3, 0.4) is 0 Å². The number of para-hydroxylation sites is 1. The summed E-state index contributed by atoms with van der Waals surface area (Å²) in [7, 11) is 0. The summed E-state index contributed by atoms with van der Waals surface area (Å²) in [5, 5.41) is 7.12. The van der Waals surface area contributed by atoms with Crippen molar-refractivity contribution in [2.45, 2.75) is 32.7 Å². The Hall–Kier alpha value is -3.32. The third-order valence-electron chi connectivity index (χ3n) is 6.30. The van der Waals surface area contributed by atoms with Gasteiger partial charge in [-0.05, 0) is 56.5 Å². The zero-order valence-corrected chi connectivity index (χ0v) is 19.0. The van der Waals surface area contributed by atoms with E-state index in [-0.39, 0.29) is 17.4 Å².